The van der Waals surface area contributed by atoms with Gasteiger partial charge in [-0.3, -0.25) is 14.4 Å². The van der Waals surface area contributed by atoms with Gasteiger partial charge in [0.1, 0.15) is 0 Å². The van der Waals surface area contributed by atoms with E-state index < -0.39 is 11.5 Å². The minimum atomic E-state index is -0.816. The fraction of sp³-hybridized carbons (Fsp3) is 0.500. The molecule has 1 aromatic carbocycles. The van der Waals surface area contributed by atoms with E-state index in [1.165, 1.54) is 10.9 Å². The molecule has 162 valence electrons. The SMILES string of the molecule is O=C(CCCc1c[nH]c2ccccc12)N1CC[C@H](O)[C@@]2(CCCNC2=O)C1.O=CO. The van der Waals surface area contributed by atoms with Gasteiger partial charge in [-0.1, -0.05) is 18.2 Å². The van der Waals surface area contributed by atoms with Crippen molar-refractivity contribution < 1.29 is 24.6 Å². The fourth-order valence-electron chi connectivity index (χ4n) is 4.58. The number of aromatic amines is 1. The Morgan fingerprint density at radius 2 is 2.10 bits per heavy atom. The highest BCUT2D eigenvalue weighted by Crippen LogP contribution is 2.37. The number of carbonyl (C=O) groups excluding carboxylic acids is 2. The van der Waals surface area contributed by atoms with Crippen LogP contribution in [0.15, 0.2) is 30.5 Å². The summed E-state index contributed by atoms with van der Waals surface area (Å²) in [5, 5.41) is 21.4. The van der Waals surface area contributed by atoms with Crippen LogP contribution < -0.4 is 5.32 Å². The normalized spacial score (nSPS) is 23.6. The molecule has 2 atom stereocenters. The predicted octanol–water partition coefficient (Wildman–Crippen LogP) is 1.68. The molecule has 4 rings (SSSR count). The van der Waals surface area contributed by atoms with Crippen molar-refractivity contribution in [2.24, 2.45) is 5.41 Å². The number of aryl methyl sites for hydroxylation is 1. The van der Waals surface area contributed by atoms with E-state index in [0.717, 1.165) is 24.8 Å². The van der Waals surface area contributed by atoms with Gasteiger partial charge in [0.2, 0.25) is 11.8 Å². The Kier molecular flexibility index (Phi) is 7.10. The zero-order chi connectivity index (χ0) is 21.6. The van der Waals surface area contributed by atoms with Crippen molar-refractivity contribution in [3.8, 4) is 0 Å². The fourth-order valence-corrected chi connectivity index (χ4v) is 4.58. The summed E-state index contributed by atoms with van der Waals surface area (Å²) >= 11 is 0. The van der Waals surface area contributed by atoms with Crippen molar-refractivity contribution in [3.63, 3.8) is 0 Å². The number of H-pyrrole nitrogens is 1. The van der Waals surface area contributed by atoms with E-state index in [4.69, 9.17) is 9.90 Å². The molecule has 30 heavy (non-hydrogen) atoms. The number of nitrogens with zero attached hydrogens (tertiary/aromatic N) is 1. The molecule has 2 aromatic rings. The summed E-state index contributed by atoms with van der Waals surface area (Å²) in [6.45, 7) is 1.28. The molecular formula is C22H29N3O5. The Labute approximate surface area is 175 Å². The highest BCUT2D eigenvalue weighted by molar-refractivity contribution is 5.86. The summed E-state index contributed by atoms with van der Waals surface area (Å²) in [4.78, 5) is 38.6. The van der Waals surface area contributed by atoms with E-state index in [0.29, 0.717) is 38.9 Å². The Morgan fingerprint density at radius 1 is 1.33 bits per heavy atom. The van der Waals surface area contributed by atoms with Crippen LogP contribution in [0.1, 0.15) is 37.7 Å². The Balaban J connectivity index is 0.000000806. The first-order chi connectivity index (χ1) is 14.5. The van der Waals surface area contributed by atoms with Gasteiger partial charge in [0, 0.05) is 43.2 Å². The first-order valence-corrected chi connectivity index (χ1v) is 10.4. The van der Waals surface area contributed by atoms with Crippen LogP contribution in [0.2, 0.25) is 0 Å². The van der Waals surface area contributed by atoms with Crippen LogP contribution >= 0.6 is 0 Å². The highest BCUT2D eigenvalue weighted by atomic mass is 16.3. The zero-order valence-corrected chi connectivity index (χ0v) is 17.0. The van der Waals surface area contributed by atoms with Crippen molar-refractivity contribution in [3.05, 3.63) is 36.0 Å². The van der Waals surface area contributed by atoms with E-state index in [1.807, 2.05) is 18.3 Å². The molecule has 2 aliphatic heterocycles. The molecule has 2 aliphatic rings. The van der Waals surface area contributed by atoms with Gasteiger partial charge < -0.3 is 25.4 Å². The molecule has 2 saturated heterocycles. The predicted molar refractivity (Wildman–Crippen MR) is 112 cm³/mol. The number of amides is 2. The monoisotopic (exact) mass is 415 g/mol. The summed E-state index contributed by atoms with van der Waals surface area (Å²) in [5.74, 6) is -0.0166. The summed E-state index contributed by atoms with van der Waals surface area (Å²) in [6, 6.07) is 8.19. The summed E-state index contributed by atoms with van der Waals surface area (Å²) in [6.07, 6.45) is 5.43. The van der Waals surface area contributed by atoms with Gasteiger partial charge in [-0.05, 0) is 43.7 Å². The number of aromatic nitrogens is 1. The van der Waals surface area contributed by atoms with E-state index in [-0.39, 0.29) is 18.3 Å². The van der Waals surface area contributed by atoms with Crippen LogP contribution in [0.4, 0.5) is 0 Å². The van der Waals surface area contributed by atoms with Crippen molar-refractivity contribution >= 4 is 29.2 Å². The maximum Gasteiger partial charge on any atom is 0.290 e. The first-order valence-electron chi connectivity index (χ1n) is 10.4. The summed E-state index contributed by atoms with van der Waals surface area (Å²) in [5.41, 5.74) is 1.54. The van der Waals surface area contributed by atoms with Gasteiger partial charge >= 0.3 is 0 Å². The highest BCUT2D eigenvalue weighted by Gasteiger charge is 2.50. The molecule has 0 saturated carbocycles. The molecule has 8 heteroatoms. The largest absolute Gasteiger partial charge is 0.483 e. The van der Waals surface area contributed by atoms with Crippen molar-refractivity contribution in [2.45, 2.75) is 44.6 Å². The number of rotatable bonds is 4. The third kappa shape index (κ3) is 4.48. The molecule has 8 nitrogen and oxygen atoms in total. The number of carboxylic acid groups (broad SMARTS) is 1. The molecule has 2 fully saturated rings. The number of nitrogens with one attached hydrogen (secondary N) is 2. The van der Waals surface area contributed by atoms with Crippen molar-refractivity contribution in [1.29, 1.82) is 0 Å². The number of piperidine rings is 2. The zero-order valence-electron chi connectivity index (χ0n) is 17.0. The van der Waals surface area contributed by atoms with Gasteiger partial charge in [-0.2, -0.15) is 0 Å². The van der Waals surface area contributed by atoms with Gasteiger partial charge in [-0.25, -0.2) is 0 Å². The molecule has 2 amide bonds. The van der Waals surface area contributed by atoms with Crippen LogP contribution in [0.25, 0.3) is 10.9 Å². The second kappa shape index (κ2) is 9.75. The van der Waals surface area contributed by atoms with Crippen LogP contribution in [-0.2, 0) is 20.8 Å². The standard InChI is InChI=1S/C21H27N3O3.CH2O2/c25-18-9-12-24(14-21(18)10-4-11-22-20(21)27)19(26)8-3-5-15-13-23-17-7-2-1-6-16(15)17;2-1-3/h1-2,6-7,13,18,23,25H,3-5,8-12,14H2,(H,22,27);1H,(H,2,3)/t18-,21+;/m0./s1. The van der Waals surface area contributed by atoms with E-state index in [9.17, 15) is 14.7 Å². The van der Waals surface area contributed by atoms with Gasteiger partial charge in [0.05, 0.1) is 11.5 Å². The number of benzene rings is 1. The number of carbonyl (C=O) groups is 3. The third-order valence-electron chi connectivity index (χ3n) is 6.19. The molecule has 0 bridgehead atoms. The number of hydrogen-bond donors (Lipinski definition) is 4. The maximum atomic E-state index is 12.7. The molecule has 1 spiro atoms. The van der Waals surface area contributed by atoms with Crippen LogP contribution in [0.3, 0.4) is 0 Å². The van der Waals surface area contributed by atoms with Crippen LogP contribution in [-0.4, -0.2) is 64.1 Å². The lowest BCUT2D eigenvalue weighted by Gasteiger charge is -2.46. The van der Waals surface area contributed by atoms with E-state index in [2.05, 4.69) is 22.4 Å². The number of aliphatic hydroxyl groups excluding tert-OH is 1. The topological polar surface area (TPSA) is 123 Å². The number of likely N-dealkylation sites (tertiary alicyclic amines) is 1. The minimum absolute atomic E-state index is 0.0829. The summed E-state index contributed by atoms with van der Waals surface area (Å²) in [7, 11) is 0. The minimum Gasteiger partial charge on any atom is -0.483 e. The van der Waals surface area contributed by atoms with Crippen molar-refractivity contribution in [1.82, 2.24) is 15.2 Å². The van der Waals surface area contributed by atoms with Crippen LogP contribution in [0.5, 0.6) is 0 Å². The quantitative estimate of drug-likeness (QED) is 0.566. The molecular weight excluding hydrogens is 386 g/mol. The number of para-hydroxylation sites is 1. The van der Waals surface area contributed by atoms with Crippen molar-refractivity contribution in [2.75, 3.05) is 19.6 Å². The van der Waals surface area contributed by atoms with Gasteiger partial charge in [-0.15, -0.1) is 0 Å². The molecule has 0 aliphatic carbocycles. The number of aliphatic hydroxyl groups is 1. The Morgan fingerprint density at radius 3 is 2.87 bits per heavy atom. The Bertz CT molecular complexity index is 896. The number of hydrogen-bond acceptors (Lipinski definition) is 4. The maximum absolute atomic E-state index is 12.7. The lowest BCUT2D eigenvalue weighted by atomic mass is 9.71. The van der Waals surface area contributed by atoms with Crippen LogP contribution in [0, 0.1) is 5.41 Å². The molecule has 0 radical (unpaired) electrons. The van der Waals surface area contributed by atoms with Gasteiger partial charge in [0.15, 0.2) is 0 Å². The number of fused-ring (bicyclic) bond motifs is 1. The Hall–Kier alpha value is -2.87. The average Bonchev–Trinajstić information content (AvgIpc) is 3.16. The average molecular weight is 415 g/mol. The molecule has 4 N–H and O–H groups in total. The molecule has 0 unspecified atom stereocenters. The third-order valence-corrected chi connectivity index (χ3v) is 6.19. The lowest BCUT2D eigenvalue weighted by molar-refractivity contribution is -0.154. The summed E-state index contributed by atoms with van der Waals surface area (Å²) < 4.78 is 0. The molecule has 3 heterocycles. The first kappa shape index (κ1) is 21.8. The second-order valence-electron chi connectivity index (χ2n) is 7.95. The van der Waals surface area contributed by atoms with E-state index in [1.54, 1.807) is 4.90 Å². The van der Waals surface area contributed by atoms with E-state index >= 15 is 0 Å². The molecule has 1 aromatic heterocycles. The smallest absolute Gasteiger partial charge is 0.290 e. The second-order valence-corrected chi connectivity index (χ2v) is 7.95. The lowest BCUT2D eigenvalue weighted by Crippen LogP contribution is -2.62. The van der Waals surface area contributed by atoms with Gasteiger partial charge in [0.25, 0.3) is 6.47 Å².